The van der Waals surface area contributed by atoms with Gasteiger partial charge >= 0.3 is 0 Å². The number of anilines is 1. The molecule has 0 radical (unpaired) electrons. The zero-order valence-electron chi connectivity index (χ0n) is 16.4. The molecule has 1 amide bonds. The third-order valence-corrected chi connectivity index (χ3v) is 5.12. The Bertz CT molecular complexity index is 1190. The molecule has 0 aliphatic carbocycles. The maximum atomic E-state index is 12.8. The highest BCUT2D eigenvalue weighted by Gasteiger charge is 2.17. The van der Waals surface area contributed by atoms with Crippen LogP contribution in [0.25, 0.3) is 16.9 Å². The SMILES string of the molecule is CCn1ncc(-c2ccnc3cc(C(=O)Nc4cccc(C)c4C)nn23)c1C. The molecule has 0 spiro atoms. The molecule has 0 saturated carbocycles. The summed E-state index contributed by atoms with van der Waals surface area (Å²) in [5.74, 6) is -0.258. The predicted octanol–water partition coefficient (Wildman–Crippen LogP) is 3.79. The monoisotopic (exact) mass is 374 g/mol. The van der Waals surface area contributed by atoms with Crippen LogP contribution in [0.15, 0.2) is 42.7 Å². The molecule has 1 aromatic carbocycles. The van der Waals surface area contributed by atoms with Gasteiger partial charge in [0.2, 0.25) is 0 Å². The summed E-state index contributed by atoms with van der Waals surface area (Å²) in [5, 5.41) is 11.9. The second-order valence-electron chi connectivity index (χ2n) is 6.79. The lowest BCUT2D eigenvalue weighted by molar-refractivity contribution is 0.102. The molecule has 0 bridgehead atoms. The Balaban J connectivity index is 1.73. The number of hydrogen-bond donors (Lipinski definition) is 1. The molecule has 0 unspecified atom stereocenters. The van der Waals surface area contributed by atoms with E-state index in [2.05, 4.69) is 27.4 Å². The van der Waals surface area contributed by atoms with Crippen LogP contribution in [0.2, 0.25) is 0 Å². The Morgan fingerprint density at radius 1 is 1.18 bits per heavy atom. The highest BCUT2D eigenvalue weighted by molar-refractivity contribution is 6.04. The van der Waals surface area contributed by atoms with Gasteiger partial charge in [0.1, 0.15) is 0 Å². The number of rotatable bonds is 4. The summed E-state index contributed by atoms with van der Waals surface area (Å²) < 4.78 is 3.63. The molecule has 7 nitrogen and oxygen atoms in total. The molecule has 28 heavy (non-hydrogen) atoms. The van der Waals surface area contributed by atoms with Gasteiger partial charge in [-0.25, -0.2) is 9.50 Å². The zero-order valence-corrected chi connectivity index (χ0v) is 16.4. The largest absolute Gasteiger partial charge is 0.320 e. The summed E-state index contributed by atoms with van der Waals surface area (Å²) in [4.78, 5) is 17.1. The summed E-state index contributed by atoms with van der Waals surface area (Å²) in [6.45, 7) is 8.88. The van der Waals surface area contributed by atoms with Gasteiger partial charge in [0, 0.05) is 35.8 Å². The molecule has 0 fully saturated rings. The summed E-state index contributed by atoms with van der Waals surface area (Å²) >= 11 is 0. The number of fused-ring (bicyclic) bond motifs is 1. The van der Waals surface area contributed by atoms with Crippen molar-refractivity contribution in [2.75, 3.05) is 5.32 Å². The van der Waals surface area contributed by atoms with Crippen molar-refractivity contribution in [1.82, 2.24) is 24.4 Å². The van der Waals surface area contributed by atoms with Gasteiger partial charge in [-0.05, 0) is 51.0 Å². The minimum Gasteiger partial charge on any atom is -0.320 e. The van der Waals surface area contributed by atoms with E-state index in [1.165, 1.54) is 0 Å². The van der Waals surface area contributed by atoms with E-state index in [9.17, 15) is 4.79 Å². The molecule has 0 aliphatic rings. The van der Waals surface area contributed by atoms with Crippen LogP contribution < -0.4 is 5.32 Å². The molecule has 3 heterocycles. The van der Waals surface area contributed by atoms with Crippen molar-refractivity contribution in [3.63, 3.8) is 0 Å². The molecule has 142 valence electrons. The molecule has 1 N–H and O–H groups in total. The van der Waals surface area contributed by atoms with Crippen LogP contribution >= 0.6 is 0 Å². The minimum absolute atomic E-state index is 0.258. The smallest absolute Gasteiger partial charge is 0.276 e. The Morgan fingerprint density at radius 2 is 2.00 bits per heavy atom. The van der Waals surface area contributed by atoms with E-state index in [0.717, 1.165) is 40.3 Å². The Hall–Kier alpha value is -3.48. The van der Waals surface area contributed by atoms with Crippen LogP contribution in [0.1, 0.15) is 34.2 Å². The second-order valence-corrected chi connectivity index (χ2v) is 6.79. The highest BCUT2D eigenvalue weighted by atomic mass is 16.1. The fourth-order valence-electron chi connectivity index (χ4n) is 3.30. The summed E-state index contributed by atoms with van der Waals surface area (Å²) in [5.41, 5.74) is 6.77. The summed E-state index contributed by atoms with van der Waals surface area (Å²) in [6.07, 6.45) is 3.55. The number of amides is 1. The van der Waals surface area contributed by atoms with E-state index in [1.807, 2.05) is 55.9 Å². The molecule has 3 aromatic heterocycles. The first kappa shape index (κ1) is 17.9. The average molecular weight is 374 g/mol. The van der Waals surface area contributed by atoms with E-state index in [0.29, 0.717) is 11.3 Å². The standard InChI is InChI=1S/C21H22N6O/c1-5-26-15(4)16(12-23-26)19-9-10-22-20-11-18(25-27(19)20)21(28)24-17-8-6-7-13(2)14(17)3/h6-12H,5H2,1-4H3,(H,24,28). The molecule has 4 rings (SSSR count). The maximum Gasteiger partial charge on any atom is 0.276 e. The first-order valence-corrected chi connectivity index (χ1v) is 9.24. The third-order valence-electron chi connectivity index (χ3n) is 5.12. The Kier molecular flexibility index (Phi) is 4.43. The van der Waals surface area contributed by atoms with E-state index in [-0.39, 0.29) is 5.91 Å². The van der Waals surface area contributed by atoms with E-state index < -0.39 is 0 Å². The van der Waals surface area contributed by atoms with Crippen LogP contribution in [-0.4, -0.2) is 30.3 Å². The number of carbonyl (C=O) groups is 1. The van der Waals surface area contributed by atoms with Crippen molar-refractivity contribution in [3.8, 4) is 11.3 Å². The number of nitrogens with zero attached hydrogens (tertiary/aromatic N) is 5. The number of aryl methyl sites for hydroxylation is 2. The van der Waals surface area contributed by atoms with Crippen LogP contribution in [0.3, 0.4) is 0 Å². The van der Waals surface area contributed by atoms with Crippen molar-refractivity contribution in [2.45, 2.75) is 34.2 Å². The third kappa shape index (κ3) is 2.94. The molecule has 0 aliphatic heterocycles. The van der Waals surface area contributed by atoms with Crippen molar-refractivity contribution < 1.29 is 4.79 Å². The summed E-state index contributed by atoms with van der Waals surface area (Å²) in [7, 11) is 0. The molecule has 0 saturated heterocycles. The van der Waals surface area contributed by atoms with Crippen LogP contribution in [-0.2, 0) is 6.54 Å². The van der Waals surface area contributed by atoms with Crippen molar-refractivity contribution >= 4 is 17.2 Å². The van der Waals surface area contributed by atoms with Gasteiger partial charge in [-0.1, -0.05) is 12.1 Å². The molecule has 0 atom stereocenters. The van der Waals surface area contributed by atoms with E-state index >= 15 is 0 Å². The maximum absolute atomic E-state index is 12.8. The minimum atomic E-state index is -0.258. The first-order chi connectivity index (χ1) is 13.5. The summed E-state index contributed by atoms with van der Waals surface area (Å²) in [6, 6.07) is 9.42. The van der Waals surface area contributed by atoms with Gasteiger partial charge < -0.3 is 5.32 Å². The molecule has 4 aromatic rings. The topological polar surface area (TPSA) is 77.1 Å². The van der Waals surface area contributed by atoms with Gasteiger partial charge in [-0.3, -0.25) is 9.48 Å². The van der Waals surface area contributed by atoms with Gasteiger partial charge in [-0.15, -0.1) is 0 Å². The van der Waals surface area contributed by atoms with Crippen LogP contribution in [0, 0.1) is 20.8 Å². The van der Waals surface area contributed by atoms with Crippen LogP contribution in [0.4, 0.5) is 5.69 Å². The number of carbonyl (C=O) groups excluding carboxylic acids is 1. The van der Waals surface area contributed by atoms with Gasteiger partial charge in [0.15, 0.2) is 11.3 Å². The van der Waals surface area contributed by atoms with E-state index in [1.54, 1.807) is 16.8 Å². The number of hydrogen-bond acceptors (Lipinski definition) is 4. The number of nitrogens with one attached hydrogen (secondary N) is 1. The second kappa shape index (κ2) is 6.92. The predicted molar refractivity (Wildman–Crippen MR) is 108 cm³/mol. The van der Waals surface area contributed by atoms with E-state index in [4.69, 9.17) is 0 Å². The Labute approximate surface area is 163 Å². The number of aromatic nitrogens is 5. The van der Waals surface area contributed by atoms with Gasteiger partial charge in [-0.2, -0.15) is 10.2 Å². The van der Waals surface area contributed by atoms with Crippen LogP contribution in [0.5, 0.6) is 0 Å². The average Bonchev–Trinajstić information content (AvgIpc) is 3.28. The highest BCUT2D eigenvalue weighted by Crippen LogP contribution is 2.24. The van der Waals surface area contributed by atoms with Gasteiger partial charge in [0.25, 0.3) is 5.91 Å². The van der Waals surface area contributed by atoms with Crippen molar-refractivity contribution in [1.29, 1.82) is 0 Å². The fourth-order valence-corrected chi connectivity index (χ4v) is 3.30. The molecular formula is C21H22N6O. The van der Waals surface area contributed by atoms with Crippen molar-refractivity contribution in [3.05, 3.63) is 65.2 Å². The lowest BCUT2D eigenvalue weighted by atomic mass is 10.1. The lowest BCUT2D eigenvalue weighted by Gasteiger charge is -2.09. The normalized spacial score (nSPS) is 11.1. The number of benzene rings is 1. The quantitative estimate of drug-likeness (QED) is 0.590. The zero-order chi connectivity index (χ0) is 19.8. The fraction of sp³-hybridized carbons (Fsp3) is 0.238. The lowest BCUT2D eigenvalue weighted by Crippen LogP contribution is -2.14. The van der Waals surface area contributed by atoms with Crippen molar-refractivity contribution in [2.24, 2.45) is 0 Å². The molecular weight excluding hydrogens is 352 g/mol. The Morgan fingerprint density at radius 3 is 2.75 bits per heavy atom. The first-order valence-electron chi connectivity index (χ1n) is 9.24. The molecule has 7 heteroatoms. The van der Waals surface area contributed by atoms with Gasteiger partial charge in [0.05, 0.1) is 11.9 Å².